The number of hydrogen-bond acceptors (Lipinski definition) is 6. The maximum atomic E-state index is 13.8. The van der Waals surface area contributed by atoms with Gasteiger partial charge in [0.15, 0.2) is 11.5 Å². The van der Waals surface area contributed by atoms with Gasteiger partial charge in [-0.3, -0.25) is 9.10 Å². The molecule has 0 heterocycles. The molecule has 1 amide bonds. The first-order chi connectivity index (χ1) is 17.0. The standard InChI is InChI=1S/C26H28BrN3O5S/c1-17-12-18(2)14-22(13-17)30(36(32,33)23-10-11-24(34-4)25(15-23)35-5)16-26(31)29-28-19(3)20-6-8-21(27)9-7-20/h6-15H,16H2,1-5H3,(H,29,31)/b28-19-. The summed E-state index contributed by atoms with van der Waals surface area (Å²) in [6, 6.07) is 17.1. The number of halogens is 1. The summed E-state index contributed by atoms with van der Waals surface area (Å²) in [5.41, 5.74) is 5.97. The minimum absolute atomic E-state index is 0.0401. The molecule has 190 valence electrons. The highest BCUT2D eigenvalue weighted by Crippen LogP contribution is 2.32. The van der Waals surface area contributed by atoms with E-state index in [1.54, 1.807) is 19.1 Å². The maximum absolute atomic E-state index is 13.8. The zero-order chi connectivity index (χ0) is 26.5. The predicted octanol–water partition coefficient (Wildman–Crippen LogP) is 4.82. The fourth-order valence-electron chi connectivity index (χ4n) is 3.58. The Hall–Kier alpha value is -3.37. The summed E-state index contributed by atoms with van der Waals surface area (Å²) in [4.78, 5) is 12.9. The number of nitrogens with one attached hydrogen (secondary N) is 1. The van der Waals surface area contributed by atoms with Crippen molar-refractivity contribution in [1.29, 1.82) is 0 Å². The molecule has 1 N–H and O–H groups in total. The van der Waals surface area contributed by atoms with Gasteiger partial charge in [0.25, 0.3) is 15.9 Å². The van der Waals surface area contributed by atoms with E-state index in [9.17, 15) is 13.2 Å². The lowest BCUT2D eigenvalue weighted by Gasteiger charge is -2.25. The molecule has 0 aliphatic heterocycles. The van der Waals surface area contributed by atoms with E-state index < -0.39 is 22.5 Å². The number of nitrogens with zero attached hydrogens (tertiary/aromatic N) is 2. The molecule has 3 aromatic rings. The second kappa shape index (κ2) is 11.6. The third-order valence-corrected chi connectivity index (χ3v) is 7.63. The van der Waals surface area contributed by atoms with Crippen LogP contribution in [0.3, 0.4) is 0 Å². The molecule has 0 bridgehead atoms. The Morgan fingerprint density at radius 2 is 1.56 bits per heavy atom. The van der Waals surface area contributed by atoms with Gasteiger partial charge in [-0.15, -0.1) is 0 Å². The number of aryl methyl sites for hydroxylation is 2. The van der Waals surface area contributed by atoms with Gasteiger partial charge in [0.1, 0.15) is 6.54 Å². The molecule has 0 atom stereocenters. The van der Waals surface area contributed by atoms with E-state index in [1.165, 1.54) is 32.4 Å². The number of anilines is 1. The van der Waals surface area contributed by atoms with Crippen molar-refractivity contribution in [1.82, 2.24) is 5.43 Å². The zero-order valence-corrected chi connectivity index (χ0v) is 23.1. The van der Waals surface area contributed by atoms with Crippen LogP contribution in [0.4, 0.5) is 5.69 Å². The average molecular weight is 574 g/mol. The predicted molar refractivity (Wildman–Crippen MR) is 144 cm³/mol. The lowest BCUT2D eigenvalue weighted by atomic mass is 10.1. The summed E-state index contributed by atoms with van der Waals surface area (Å²) in [5.74, 6) is 0.0673. The number of ether oxygens (including phenoxy) is 2. The van der Waals surface area contributed by atoms with Gasteiger partial charge in [0, 0.05) is 10.5 Å². The third kappa shape index (κ3) is 6.44. The second-order valence-corrected chi connectivity index (χ2v) is 10.9. The normalized spacial score (nSPS) is 11.7. The molecule has 0 unspecified atom stereocenters. The minimum atomic E-state index is -4.15. The summed E-state index contributed by atoms with van der Waals surface area (Å²) < 4.78 is 40.0. The van der Waals surface area contributed by atoms with Gasteiger partial charge in [-0.2, -0.15) is 5.10 Å². The van der Waals surface area contributed by atoms with Crippen LogP contribution in [0.25, 0.3) is 0 Å². The van der Waals surface area contributed by atoms with E-state index >= 15 is 0 Å². The van der Waals surface area contributed by atoms with E-state index in [0.717, 1.165) is 25.5 Å². The first-order valence-corrected chi connectivity index (χ1v) is 13.2. The minimum Gasteiger partial charge on any atom is -0.493 e. The van der Waals surface area contributed by atoms with Crippen LogP contribution in [0, 0.1) is 13.8 Å². The zero-order valence-electron chi connectivity index (χ0n) is 20.7. The fraction of sp³-hybridized carbons (Fsp3) is 0.231. The van der Waals surface area contributed by atoms with E-state index in [4.69, 9.17) is 9.47 Å². The van der Waals surface area contributed by atoms with Crippen LogP contribution in [-0.2, 0) is 14.8 Å². The molecule has 0 aliphatic carbocycles. The first kappa shape index (κ1) is 27.2. The van der Waals surface area contributed by atoms with Gasteiger partial charge in [-0.1, -0.05) is 34.1 Å². The molecular weight excluding hydrogens is 546 g/mol. The number of amides is 1. The van der Waals surface area contributed by atoms with Gasteiger partial charge in [0.05, 0.1) is 30.5 Å². The van der Waals surface area contributed by atoms with Crippen LogP contribution in [-0.4, -0.2) is 40.8 Å². The average Bonchev–Trinajstić information content (AvgIpc) is 2.85. The number of sulfonamides is 1. The molecule has 0 saturated carbocycles. The number of hydrazone groups is 1. The summed E-state index contributed by atoms with van der Waals surface area (Å²) >= 11 is 3.38. The van der Waals surface area contributed by atoms with E-state index in [2.05, 4.69) is 26.5 Å². The molecule has 3 aromatic carbocycles. The Morgan fingerprint density at radius 3 is 2.14 bits per heavy atom. The molecule has 0 spiro atoms. The van der Waals surface area contributed by atoms with Crippen molar-refractivity contribution in [2.24, 2.45) is 5.10 Å². The molecule has 8 nitrogen and oxygen atoms in total. The fourth-order valence-corrected chi connectivity index (χ4v) is 5.27. The second-order valence-electron chi connectivity index (χ2n) is 8.11. The summed E-state index contributed by atoms with van der Waals surface area (Å²) in [7, 11) is -1.26. The summed E-state index contributed by atoms with van der Waals surface area (Å²) in [6.07, 6.45) is 0. The number of carbonyl (C=O) groups is 1. The van der Waals surface area contributed by atoms with Crippen molar-refractivity contribution in [3.05, 3.63) is 81.8 Å². The largest absolute Gasteiger partial charge is 0.493 e. The van der Waals surface area contributed by atoms with Crippen molar-refractivity contribution in [3.8, 4) is 11.5 Å². The molecule has 0 fully saturated rings. The Balaban J connectivity index is 1.96. The number of methoxy groups -OCH3 is 2. The maximum Gasteiger partial charge on any atom is 0.264 e. The van der Waals surface area contributed by atoms with Gasteiger partial charge in [-0.05, 0) is 73.9 Å². The Kier molecular flexibility index (Phi) is 8.75. The lowest BCUT2D eigenvalue weighted by molar-refractivity contribution is -0.119. The van der Waals surface area contributed by atoms with E-state index in [0.29, 0.717) is 17.1 Å². The monoisotopic (exact) mass is 573 g/mol. The van der Waals surface area contributed by atoms with Crippen LogP contribution in [0.2, 0.25) is 0 Å². The van der Waals surface area contributed by atoms with Crippen molar-refractivity contribution >= 4 is 43.3 Å². The summed E-state index contributed by atoms with van der Waals surface area (Å²) in [5, 5.41) is 4.15. The Labute approximate surface area is 220 Å². The lowest BCUT2D eigenvalue weighted by Crippen LogP contribution is -2.39. The van der Waals surface area contributed by atoms with Crippen molar-refractivity contribution in [2.75, 3.05) is 25.1 Å². The van der Waals surface area contributed by atoms with Crippen LogP contribution in [0.1, 0.15) is 23.6 Å². The van der Waals surface area contributed by atoms with Gasteiger partial charge >= 0.3 is 0 Å². The number of hydrogen-bond donors (Lipinski definition) is 1. The molecule has 0 aromatic heterocycles. The molecule has 0 aliphatic rings. The quantitative estimate of drug-likeness (QED) is 0.292. The van der Waals surface area contributed by atoms with Crippen molar-refractivity contribution < 1.29 is 22.7 Å². The van der Waals surface area contributed by atoms with Gasteiger partial charge in [0.2, 0.25) is 0 Å². The van der Waals surface area contributed by atoms with Crippen LogP contribution in [0.15, 0.2) is 75.1 Å². The van der Waals surface area contributed by atoms with Crippen molar-refractivity contribution in [2.45, 2.75) is 25.7 Å². The number of carbonyl (C=O) groups excluding carboxylic acids is 1. The Morgan fingerprint density at radius 1 is 0.944 bits per heavy atom. The highest BCUT2D eigenvalue weighted by molar-refractivity contribution is 9.10. The Bertz CT molecular complexity index is 1370. The van der Waals surface area contributed by atoms with Crippen LogP contribution >= 0.6 is 15.9 Å². The third-order valence-electron chi connectivity index (χ3n) is 5.33. The molecular formula is C26H28BrN3O5S. The molecule has 10 heteroatoms. The van der Waals surface area contributed by atoms with Crippen LogP contribution < -0.4 is 19.2 Å². The number of rotatable bonds is 9. The van der Waals surface area contributed by atoms with Gasteiger partial charge in [-0.25, -0.2) is 13.8 Å². The smallest absolute Gasteiger partial charge is 0.264 e. The molecule has 3 rings (SSSR count). The van der Waals surface area contributed by atoms with Gasteiger partial charge < -0.3 is 9.47 Å². The number of benzene rings is 3. The van der Waals surface area contributed by atoms with Crippen molar-refractivity contribution in [3.63, 3.8) is 0 Å². The highest BCUT2D eigenvalue weighted by atomic mass is 79.9. The molecule has 36 heavy (non-hydrogen) atoms. The molecule has 0 saturated heterocycles. The highest BCUT2D eigenvalue weighted by Gasteiger charge is 2.28. The first-order valence-electron chi connectivity index (χ1n) is 11.0. The van der Waals surface area contributed by atoms with E-state index in [1.807, 2.05) is 44.2 Å². The van der Waals surface area contributed by atoms with E-state index in [-0.39, 0.29) is 10.6 Å². The topological polar surface area (TPSA) is 97.3 Å². The van der Waals surface area contributed by atoms with Crippen LogP contribution in [0.5, 0.6) is 11.5 Å². The molecule has 0 radical (unpaired) electrons. The SMILES string of the molecule is COc1ccc(S(=O)(=O)N(CC(=O)N/N=C(/C)c2ccc(Br)cc2)c2cc(C)cc(C)c2)cc1OC. The summed E-state index contributed by atoms with van der Waals surface area (Å²) in [6.45, 7) is 5.01.